The lowest BCUT2D eigenvalue weighted by Crippen LogP contribution is -2.39. The van der Waals surface area contributed by atoms with Crippen LogP contribution in [0.5, 0.6) is 0 Å². The highest BCUT2D eigenvalue weighted by Gasteiger charge is 2.46. The first-order valence-electron chi connectivity index (χ1n) is 10.7. The van der Waals surface area contributed by atoms with E-state index in [1.807, 2.05) is 0 Å². The van der Waals surface area contributed by atoms with Gasteiger partial charge in [-0.15, -0.1) is 0 Å². The van der Waals surface area contributed by atoms with Crippen LogP contribution in [0.1, 0.15) is 48.5 Å². The van der Waals surface area contributed by atoms with Gasteiger partial charge in [-0.2, -0.15) is 23.5 Å². The number of hydrogen-bond donors (Lipinski definition) is 3. The number of nitrogens with one attached hydrogen (secondary N) is 2. The quantitative estimate of drug-likeness (QED) is 0.535. The molecule has 4 N–H and O–H groups in total. The summed E-state index contributed by atoms with van der Waals surface area (Å²) in [7, 11) is -5.47. The molecule has 9 nitrogen and oxygen atoms in total. The lowest BCUT2D eigenvalue weighted by Gasteiger charge is -2.33. The largest absolute Gasteiger partial charge is 0.501 e. The van der Waals surface area contributed by atoms with Crippen molar-refractivity contribution >= 4 is 27.2 Å². The number of alkyl halides is 3. The van der Waals surface area contributed by atoms with Crippen molar-refractivity contribution in [1.82, 2.24) is 15.1 Å². The lowest BCUT2D eigenvalue weighted by molar-refractivity contribution is -0.0436. The summed E-state index contributed by atoms with van der Waals surface area (Å²) in [5, 5.41) is 20.4. The summed E-state index contributed by atoms with van der Waals surface area (Å²) in [6.45, 7) is 0. The molecule has 2 fully saturated rings. The standard InChI is InChI=1S/C21H23F3N6O3S/c22-21(23,24)34(32,33)16-6-3-14(4-7-16)28-20-17(19(26)31)11-30(29-20)18-8-5-15(9-12(18)10-25)27-13-1-2-13/h3-4,6-7,11-13,15,18,27H,1-2,5,8-9H2,(H2,26,31)(H,28,29)/t12?,15?,18-/m0/s1. The minimum absolute atomic E-state index is 0.0434. The van der Waals surface area contributed by atoms with Gasteiger partial charge < -0.3 is 16.4 Å². The molecule has 2 aliphatic rings. The average molecular weight is 497 g/mol. The average Bonchev–Trinajstić information content (AvgIpc) is 3.49. The van der Waals surface area contributed by atoms with Crippen LogP contribution in [0.15, 0.2) is 35.4 Å². The van der Waals surface area contributed by atoms with Crippen LogP contribution in [-0.4, -0.2) is 41.7 Å². The van der Waals surface area contributed by atoms with E-state index < -0.39 is 26.1 Å². The topological polar surface area (TPSA) is 143 Å². The Morgan fingerprint density at radius 1 is 1.15 bits per heavy atom. The fourth-order valence-electron chi connectivity index (χ4n) is 4.17. The molecule has 1 aromatic carbocycles. The second-order valence-corrected chi connectivity index (χ2v) is 10.5. The van der Waals surface area contributed by atoms with Crippen molar-refractivity contribution in [2.45, 2.75) is 60.6 Å². The van der Waals surface area contributed by atoms with Crippen molar-refractivity contribution in [2.24, 2.45) is 11.7 Å². The van der Waals surface area contributed by atoms with Crippen LogP contribution in [0.2, 0.25) is 0 Å². The molecule has 0 bridgehead atoms. The molecular weight excluding hydrogens is 473 g/mol. The van der Waals surface area contributed by atoms with Gasteiger partial charge in [0.2, 0.25) is 0 Å². The molecule has 13 heteroatoms. The Kier molecular flexibility index (Phi) is 6.30. The third-order valence-corrected chi connectivity index (χ3v) is 7.60. The van der Waals surface area contributed by atoms with Gasteiger partial charge in [-0.25, -0.2) is 8.42 Å². The molecule has 182 valence electrons. The molecule has 1 heterocycles. The monoisotopic (exact) mass is 496 g/mol. The number of anilines is 2. The van der Waals surface area contributed by atoms with Gasteiger partial charge in [0.05, 0.1) is 22.9 Å². The number of nitrogens with zero attached hydrogens (tertiary/aromatic N) is 3. The number of sulfone groups is 1. The van der Waals surface area contributed by atoms with Crippen molar-refractivity contribution < 1.29 is 26.4 Å². The molecule has 2 aliphatic carbocycles. The molecule has 34 heavy (non-hydrogen) atoms. The van der Waals surface area contributed by atoms with E-state index in [1.54, 1.807) is 0 Å². The van der Waals surface area contributed by atoms with Gasteiger partial charge in [0.15, 0.2) is 5.82 Å². The molecule has 1 aromatic heterocycles. The first kappa shape index (κ1) is 24.0. The molecule has 2 saturated carbocycles. The summed E-state index contributed by atoms with van der Waals surface area (Å²) < 4.78 is 62.8. The number of primary amides is 1. The van der Waals surface area contributed by atoms with Crippen LogP contribution in [0.4, 0.5) is 24.7 Å². The molecule has 4 rings (SSSR count). The van der Waals surface area contributed by atoms with Crippen LogP contribution in [0.3, 0.4) is 0 Å². The summed E-state index contributed by atoms with van der Waals surface area (Å²) in [5.41, 5.74) is 0.322. The van der Waals surface area contributed by atoms with Crippen LogP contribution in [0, 0.1) is 17.2 Å². The second kappa shape index (κ2) is 8.92. The van der Waals surface area contributed by atoms with Crippen LogP contribution >= 0.6 is 0 Å². The number of carbonyl (C=O) groups excluding carboxylic acids is 1. The number of benzene rings is 1. The number of carbonyl (C=O) groups is 1. The van der Waals surface area contributed by atoms with Gasteiger partial charge in [0, 0.05) is 24.0 Å². The van der Waals surface area contributed by atoms with E-state index in [2.05, 4.69) is 21.8 Å². The van der Waals surface area contributed by atoms with E-state index in [0.29, 0.717) is 18.9 Å². The zero-order valence-corrected chi connectivity index (χ0v) is 18.7. The van der Waals surface area contributed by atoms with Gasteiger partial charge in [-0.05, 0) is 56.4 Å². The fraction of sp³-hybridized carbons (Fsp3) is 0.476. The summed E-state index contributed by atoms with van der Waals surface area (Å²) in [6, 6.07) is 6.73. The van der Waals surface area contributed by atoms with Crippen LogP contribution in [0.25, 0.3) is 0 Å². The highest BCUT2D eigenvalue weighted by molar-refractivity contribution is 7.92. The third kappa shape index (κ3) is 4.88. The number of nitriles is 1. The van der Waals surface area contributed by atoms with Crippen molar-refractivity contribution in [3.05, 3.63) is 36.0 Å². The van der Waals surface area contributed by atoms with Gasteiger partial charge in [-0.1, -0.05) is 0 Å². The van der Waals surface area contributed by atoms with E-state index in [0.717, 1.165) is 43.5 Å². The maximum Gasteiger partial charge on any atom is 0.501 e. The first-order valence-corrected chi connectivity index (χ1v) is 12.2. The number of aromatic nitrogens is 2. The Balaban J connectivity index is 1.54. The van der Waals surface area contributed by atoms with E-state index in [4.69, 9.17) is 5.73 Å². The molecule has 3 atom stereocenters. The maximum absolute atomic E-state index is 12.7. The fourth-order valence-corrected chi connectivity index (χ4v) is 4.93. The Hall–Kier alpha value is -3.11. The molecule has 0 aliphatic heterocycles. The molecule has 0 spiro atoms. The maximum atomic E-state index is 12.7. The van der Waals surface area contributed by atoms with Crippen LogP contribution < -0.4 is 16.4 Å². The summed E-state index contributed by atoms with van der Waals surface area (Å²) in [4.78, 5) is 11.1. The minimum atomic E-state index is -5.47. The van der Waals surface area contributed by atoms with Crippen molar-refractivity contribution in [2.75, 3.05) is 5.32 Å². The zero-order valence-electron chi connectivity index (χ0n) is 17.9. The number of amides is 1. The predicted octanol–water partition coefficient (Wildman–Crippen LogP) is 3.00. The SMILES string of the molecule is N#CC1CC(NC2CC2)CC[C@@H]1n1cc(C(N)=O)c(Nc2ccc(S(=O)(=O)C(F)(F)F)cc2)n1. The highest BCUT2D eigenvalue weighted by atomic mass is 32.2. The smallest absolute Gasteiger partial charge is 0.365 e. The van der Waals surface area contributed by atoms with Gasteiger partial charge in [0.25, 0.3) is 15.7 Å². The lowest BCUT2D eigenvalue weighted by atomic mass is 9.82. The summed E-state index contributed by atoms with van der Waals surface area (Å²) in [5.74, 6) is -1.04. The summed E-state index contributed by atoms with van der Waals surface area (Å²) >= 11 is 0. The van der Waals surface area contributed by atoms with Crippen LogP contribution in [-0.2, 0) is 9.84 Å². The second-order valence-electron chi connectivity index (χ2n) is 8.59. The molecule has 0 saturated heterocycles. The van der Waals surface area contributed by atoms with E-state index in [-0.39, 0.29) is 35.1 Å². The molecule has 2 unspecified atom stereocenters. The van der Waals surface area contributed by atoms with Crippen molar-refractivity contribution in [3.63, 3.8) is 0 Å². The van der Waals surface area contributed by atoms with Crippen molar-refractivity contribution in [3.8, 4) is 6.07 Å². The highest BCUT2D eigenvalue weighted by Crippen LogP contribution is 2.36. The Bertz CT molecular complexity index is 1220. The first-order chi connectivity index (χ1) is 16.0. The minimum Gasteiger partial charge on any atom is -0.365 e. The molecule has 1 amide bonds. The Morgan fingerprint density at radius 3 is 2.35 bits per heavy atom. The molecular formula is C21H23F3N6O3S. The zero-order chi connectivity index (χ0) is 24.7. The van der Waals surface area contributed by atoms with Gasteiger partial charge in [0.1, 0.15) is 5.56 Å². The predicted molar refractivity (Wildman–Crippen MR) is 116 cm³/mol. The summed E-state index contributed by atoms with van der Waals surface area (Å²) in [6.07, 6.45) is 5.93. The van der Waals surface area contributed by atoms with Gasteiger partial charge in [-0.3, -0.25) is 9.48 Å². The Morgan fingerprint density at radius 2 is 1.79 bits per heavy atom. The normalized spacial score (nSPS) is 23.3. The van der Waals surface area contributed by atoms with Gasteiger partial charge >= 0.3 is 5.51 Å². The third-order valence-electron chi connectivity index (χ3n) is 6.10. The van der Waals surface area contributed by atoms with E-state index in [9.17, 15) is 31.6 Å². The number of hydrogen-bond acceptors (Lipinski definition) is 7. The number of nitrogens with two attached hydrogens (primary N) is 1. The molecule has 0 radical (unpaired) electrons. The number of rotatable bonds is 7. The van der Waals surface area contributed by atoms with E-state index >= 15 is 0 Å². The van der Waals surface area contributed by atoms with Crippen molar-refractivity contribution in [1.29, 1.82) is 5.26 Å². The number of halogens is 3. The Labute approximate surface area is 194 Å². The van der Waals surface area contributed by atoms with E-state index in [1.165, 1.54) is 10.9 Å². The molecule has 2 aromatic rings.